The van der Waals surface area contributed by atoms with Crippen molar-refractivity contribution in [1.29, 1.82) is 0 Å². The van der Waals surface area contributed by atoms with Crippen molar-refractivity contribution in [3.63, 3.8) is 0 Å². The molecule has 4 aromatic rings. The summed E-state index contributed by atoms with van der Waals surface area (Å²) in [4.78, 5) is 0. The molecule has 0 amide bonds. The van der Waals surface area contributed by atoms with Crippen LogP contribution in [0.25, 0.3) is 27.6 Å². The molecule has 0 aliphatic carbocycles. The highest BCUT2D eigenvalue weighted by Gasteiger charge is 2.01. The first-order valence-corrected chi connectivity index (χ1v) is 8.64. The van der Waals surface area contributed by atoms with Crippen LogP contribution >= 0.6 is 0 Å². The van der Waals surface area contributed by atoms with Gasteiger partial charge in [0, 0.05) is 17.6 Å². The highest BCUT2D eigenvalue weighted by Crippen LogP contribution is 2.28. The number of nitrogens with one attached hydrogen (secondary N) is 1. The van der Waals surface area contributed by atoms with Crippen molar-refractivity contribution in [3.8, 4) is 0 Å². The number of benzene rings is 4. The Morgan fingerprint density at radius 2 is 1.40 bits per heavy atom. The summed E-state index contributed by atoms with van der Waals surface area (Å²) in [6, 6.07) is 29.5. The summed E-state index contributed by atoms with van der Waals surface area (Å²) in [7, 11) is 0. The Morgan fingerprint density at radius 3 is 2.04 bits per heavy atom. The summed E-state index contributed by atoms with van der Waals surface area (Å²) in [6.45, 7) is 6.71. The van der Waals surface area contributed by atoms with E-state index in [-0.39, 0.29) is 0 Å². The van der Waals surface area contributed by atoms with Crippen LogP contribution in [0.1, 0.15) is 12.5 Å². The standard InChI is InChI=1S/C16H15N.C8H8/c1-2-17-16-9-5-8-14-10-12-6-3-4-7-13(12)11-15(14)16;1-2-8-6-4-3-5-7-8/h3-11,17H,2H2,1H3;2-7H,1H2. The zero-order valence-corrected chi connectivity index (χ0v) is 14.6. The molecule has 1 N–H and O–H groups in total. The smallest absolute Gasteiger partial charge is 0.0419 e. The van der Waals surface area contributed by atoms with Crippen molar-refractivity contribution in [2.45, 2.75) is 6.92 Å². The molecule has 0 aliphatic heterocycles. The predicted octanol–water partition coefficient (Wildman–Crippen LogP) is 6.75. The summed E-state index contributed by atoms with van der Waals surface area (Å²) < 4.78 is 0. The van der Waals surface area contributed by atoms with Crippen LogP contribution in [-0.2, 0) is 0 Å². The lowest BCUT2D eigenvalue weighted by molar-refractivity contribution is 1.22. The van der Waals surface area contributed by atoms with E-state index in [0.29, 0.717) is 0 Å². The highest BCUT2D eigenvalue weighted by molar-refractivity contribution is 6.03. The van der Waals surface area contributed by atoms with E-state index in [2.05, 4.69) is 73.4 Å². The molecule has 0 saturated carbocycles. The lowest BCUT2D eigenvalue weighted by atomic mass is 10.0. The summed E-state index contributed by atoms with van der Waals surface area (Å²) in [5.41, 5.74) is 2.39. The number of rotatable bonds is 3. The maximum absolute atomic E-state index is 3.63. The van der Waals surface area contributed by atoms with E-state index >= 15 is 0 Å². The maximum atomic E-state index is 3.63. The predicted molar refractivity (Wildman–Crippen MR) is 112 cm³/mol. The molecular weight excluding hydrogens is 302 g/mol. The van der Waals surface area contributed by atoms with Gasteiger partial charge in [-0.15, -0.1) is 0 Å². The van der Waals surface area contributed by atoms with Crippen LogP contribution < -0.4 is 5.32 Å². The minimum atomic E-state index is 0.950. The van der Waals surface area contributed by atoms with E-state index in [9.17, 15) is 0 Å². The first kappa shape index (κ1) is 16.8. The molecule has 0 unspecified atom stereocenters. The van der Waals surface area contributed by atoms with Crippen LogP contribution in [0.3, 0.4) is 0 Å². The fourth-order valence-electron chi connectivity index (χ4n) is 2.90. The molecule has 0 atom stereocenters. The molecule has 1 nitrogen and oxygen atoms in total. The Kier molecular flexibility index (Phi) is 5.48. The number of anilines is 1. The molecule has 124 valence electrons. The minimum Gasteiger partial charge on any atom is -0.385 e. The zero-order valence-electron chi connectivity index (χ0n) is 14.6. The topological polar surface area (TPSA) is 12.0 Å². The summed E-state index contributed by atoms with van der Waals surface area (Å²) >= 11 is 0. The van der Waals surface area contributed by atoms with Gasteiger partial charge in [0.25, 0.3) is 0 Å². The third-order valence-electron chi connectivity index (χ3n) is 4.15. The Labute approximate surface area is 149 Å². The lowest BCUT2D eigenvalue weighted by Gasteiger charge is -2.09. The van der Waals surface area contributed by atoms with Gasteiger partial charge in [0.2, 0.25) is 0 Å². The Hall–Kier alpha value is -3.06. The molecule has 0 bridgehead atoms. The van der Waals surface area contributed by atoms with Crippen LogP contribution in [0.15, 0.2) is 91.5 Å². The van der Waals surface area contributed by atoms with Crippen LogP contribution in [0.4, 0.5) is 5.69 Å². The van der Waals surface area contributed by atoms with E-state index in [0.717, 1.165) is 6.54 Å². The largest absolute Gasteiger partial charge is 0.385 e. The second kappa shape index (κ2) is 8.16. The van der Waals surface area contributed by atoms with E-state index in [1.165, 1.54) is 32.8 Å². The molecule has 4 rings (SSSR count). The zero-order chi connectivity index (χ0) is 17.5. The van der Waals surface area contributed by atoms with Gasteiger partial charge in [0.15, 0.2) is 0 Å². The molecule has 0 spiro atoms. The fraction of sp³-hybridized carbons (Fsp3) is 0.0833. The van der Waals surface area contributed by atoms with E-state index < -0.39 is 0 Å². The normalized spacial score (nSPS) is 10.1. The van der Waals surface area contributed by atoms with Crippen molar-refractivity contribution in [1.82, 2.24) is 0 Å². The van der Waals surface area contributed by atoms with Crippen molar-refractivity contribution in [2.24, 2.45) is 0 Å². The van der Waals surface area contributed by atoms with Crippen LogP contribution in [0.2, 0.25) is 0 Å². The SMILES string of the molecule is C=Cc1ccccc1.CCNc1cccc2cc3ccccc3cc12. The van der Waals surface area contributed by atoms with Gasteiger partial charge in [-0.05, 0) is 46.8 Å². The second-order valence-electron chi connectivity index (χ2n) is 5.87. The molecule has 4 aromatic carbocycles. The quantitative estimate of drug-likeness (QED) is 0.411. The lowest BCUT2D eigenvalue weighted by Crippen LogP contribution is -1.96. The summed E-state index contributed by atoms with van der Waals surface area (Å²) in [5.74, 6) is 0. The van der Waals surface area contributed by atoms with Gasteiger partial charge < -0.3 is 5.32 Å². The summed E-state index contributed by atoms with van der Waals surface area (Å²) in [6.07, 6.45) is 1.83. The first-order valence-electron chi connectivity index (χ1n) is 8.64. The van der Waals surface area contributed by atoms with E-state index in [1.54, 1.807) is 0 Å². The van der Waals surface area contributed by atoms with Crippen molar-refractivity contribution < 1.29 is 0 Å². The van der Waals surface area contributed by atoms with Gasteiger partial charge in [-0.2, -0.15) is 0 Å². The highest BCUT2D eigenvalue weighted by atomic mass is 14.9. The molecule has 0 heterocycles. The Balaban J connectivity index is 0.000000192. The fourth-order valence-corrected chi connectivity index (χ4v) is 2.90. The van der Waals surface area contributed by atoms with Crippen molar-refractivity contribution in [2.75, 3.05) is 11.9 Å². The third kappa shape index (κ3) is 4.07. The average Bonchev–Trinajstić information content (AvgIpc) is 2.68. The maximum Gasteiger partial charge on any atom is 0.0419 e. The van der Waals surface area contributed by atoms with Crippen LogP contribution in [0.5, 0.6) is 0 Å². The molecule has 0 aromatic heterocycles. The monoisotopic (exact) mass is 325 g/mol. The molecule has 0 fully saturated rings. The van der Waals surface area contributed by atoms with Gasteiger partial charge in [-0.25, -0.2) is 0 Å². The van der Waals surface area contributed by atoms with Gasteiger partial charge in [-0.3, -0.25) is 0 Å². The van der Waals surface area contributed by atoms with Crippen LogP contribution in [-0.4, -0.2) is 6.54 Å². The molecule has 1 heteroatoms. The number of hydrogen-bond acceptors (Lipinski definition) is 1. The van der Waals surface area contributed by atoms with Crippen LogP contribution in [0, 0.1) is 0 Å². The van der Waals surface area contributed by atoms with Gasteiger partial charge >= 0.3 is 0 Å². The van der Waals surface area contributed by atoms with E-state index in [1.807, 2.05) is 36.4 Å². The molecule has 0 saturated heterocycles. The van der Waals surface area contributed by atoms with Gasteiger partial charge in [0.1, 0.15) is 0 Å². The first-order chi connectivity index (χ1) is 12.3. The second-order valence-corrected chi connectivity index (χ2v) is 5.87. The summed E-state index contributed by atoms with van der Waals surface area (Å²) in [5, 5.41) is 8.60. The number of hydrogen-bond donors (Lipinski definition) is 1. The third-order valence-corrected chi connectivity index (χ3v) is 4.15. The van der Waals surface area contributed by atoms with Crippen molar-refractivity contribution >= 4 is 33.3 Å². The minimum absolute atomic E-state index is 0.950. The Bertz CT molecular complexity index is 971. The molecule has 0 radical (unpaired) electrons. The number of fused-ring (bicyclic) bond motifs is 2. The van der Waals surface area contributed by atoms with E-state index in [4.69, 9.17) is 0 Å². The van der Waals surface area contributed by atoms with Gasteiger partial charge in [0.05, 0.1) is 0 Å². The Morgan fingerprint density at radius 1 is 0.760 bits per heavy atom. The van der Waals surface area contributed by atoms with Crippen molar-refractivity contribution in [3.05, 3.63) is 97.1 Å². The van der Waals surface area contributed by atoms with Gasteiger partial charge in [-0.1, -0.05) is 79.4 Å². The molecule has 0 aliphatic rings. The molecular formula is C24H23N. The molecule has 25 heavy (non-hydrogen) atoms. The average molecular weight is 325 g/mol.